The second-order valence-corrected chi connectivity index (χ2v) is 5.16. The first kappa shape index (κ1) is 13.8. The average molecular weight is 301 g/mol. The molecule has 4 nitrogen and oxygen atoms in total. The Morgan fingerprint density at radius 1 is 1.19 bits per heavy atom. The van der Waals surface area contributed by atoms with Gasteiger partial charge >= 0.3 is 0 Å². The number of anilines is 1. The van der Waals surface area contributed by atoms with Gasteiger partial charge in [-0.1, -0.05) is 41.9 Å². The summed E-state index contributed by atoms with van der Waals surface area (Å²) in [5, 5.41) is 12.7. The molecule has 3 rings (SSSR count). The highest BCUT2D eigenvalue weighted by Gasteiger charge is 2.25. The highest BCUT2D eigenvalue weighted by Crippen LogP contribution is 2.27. The van der Waals surface area contributed by atoms with Gasteiger partial charge in [0, 0.05) is 16.1 Å². The molecule has 0 aromatic heterocycles. The summed E-state index contributed by atoms with van der Waals surface area (Å²) >= 11 is 6.07. The van der Waals surface area contributed by atoms with Crippen LogP contribution in [0.2, 0.25) is 5.02 Å². The highest BCUT2D eigenvalue weighted by molar-refractivity contribution is 6.32. The van der Waals surface area contributed by atoms with Gasteiger partial charge in [-0.15, -0.1) is 0 Å². The first-order valence-electron chi connectivity index (χ1n) is 6.54. The number of hydrogen-bond donors (Lipinski definition) is 2. The van der Waals surface area contributed by atoms with Gasteiger partial charge in [-0.2, -0.15) is 0 Å². The Kier molecular flexibility index (Phi) is 3.73. The maximum absolute atomic E-state index is 12.1. The number of aliphatic imine (C=N–C) groups is 1. The number of carbonyl (C=O) groups is 1. The number of carbonyl (C=O) groups excluding carboxylic acids is 1. The smallest absolute Gasteiger partial charge is 0.251 e. The van der Waals surface area contributed by atoms with Crippen LogP contribution in [-0.4, -0.2) is 29.4 Å². The molecule has 0 aliphatic carbocycles. The molecule has 1 aliphatic heterocycles. The molecule has 0 radical (unpaired) electrons. The second kappa shape index (κ2) is 5.68. The van der Waals surface area contributed by atoms with Crippen molar-refractivity contribution >= 4 is 28.9 Å². The van der Waals surface area contributed by atoms with Gasteiger partial charge in [0.1, 0.15) is 0 Å². The molecule has 0 bridgehead atoms. The van der Waals surface area contributed by atoms with Gasteiger partial charge in [0.25, 0.3) is 5.91 Å². The second-order valence-electron chi connectivity index (χ2n) is 4.72. The predicted octanol–water partition coefficient (Wildman–Crippen LogP) is 2.49. The van der Waals surface area contributed by atoms with Gasteiger partial charge in [0.2, 0.25) is 0 Å². The quantitative estimate of drug-likeness (QED) is 0.895. The van der Waals surface area contributed by atoms with Gasteiger partial charge in [-0.3, -0.25) is 9.79 Å². The Hall–Kier alpha value is -2.17. The molecule has 1 heterocycles. The molecular weight excluding hydrogens is 288 g/mol. The van der Waals surface area contributed by atoms with E-state index < -0.39 is 6.04 Å². The van der Waals surface area contributed by atoms with Crippen molar-refractivity contribution in [2.45, 2.75) is 6.04 Å². The van der Waals surface area contributed by atoms with E-state index in [1.807, 2.05) is 30.3 Å². The summed E-state index contributed by atoms with van der Waals surface area (Å²) in [6.07, 6.45) is 0. The van der Waals surface area contributed by atoms with Crippen LogP contribution in [0.4, 0.5) is 5.69 Å². The van der Waals surface area contributed by atoms with Crippen LogP contribution in [0.25, 0.3) is 0 Å². The molecule has 0 fully saturated rings. The van der Waals surface area contributed by atoms with E-state index in [1.165, 1.54) is 0 Å². The molecule has 106 valence electrons. The lowest BCUT2D eigenvalue weighted by molar-refractivity contribution is -0.118. The molecule has 0 saturated carbocycles. The van der Waals surface area contributed by atoms with E-state index in [1.54, 1.807) is 18.2 Å². The Morgan fingerprint density at radius 2 is 1.95 bits per heavy atom. The van der Waals surface area contributed by atoms with E-state index >= 15 is 0 Å². The zero-order valence-corrected chi connectivity index (χ0v) is 11.8. The fourth-order valence-corrected chi connectivity index (χ4v) is 2.44. The van der Waals surface area contributed by atoms with Crippen molar-refractivity contribution in [2.24, 2.45) is 4.99 Å². The summed E-state index contributed by atoms with van der Waals surface area (Å²) < 4.78 is 0. The van der Waals surface area contributed by atoms with Crippen LogP contribution >= 0.6 is 11.6 Å². The number of nitrogens with one attached hydrogen (secondary N) is 1. The Bertz CT molecular complexity index is 713. The molecule has 1 amide bonds. The third kappa shape index (κ3) is 2.68. The third-order valence-electron chi connectivity index (χ3n) is 3.30. The number of hydrogen-bond acceptors (Lipinski definition) is 3. The van der Waals surface area contributed by atoms with Crippen molar-refractivity contribution in [1.29, 1.82) is 0 Å². The van der Waals surface area contributed by atoms with E-state index in [9.17, 15) is 9.90 Å². The lowest BCUT2D eigenvalue weighted by Crippen LogP contribution is -2.28. The van der Waals surface area contributed by atoms with Crippen LogP contribution < -0.4 is 5.32 Å². The molecule has 1 aliphatic rings. The normalized spacial score (nSPS) is 17.5. The molecule has 0 spiro atoms. The van der Waals surface area contributed by atoms with E-state index in [-0.39, 0.29) is 12.5 Å². The Labute approximate surface area is 127 Å². The van der Waals surface area contributed by atoms with Crippen molar-refractivity contribution in [1.82, 2.24) is 0 Å². The molecule has 21 heavy (non-hydrogen) atoms. The topological polar surface area (TPSA) is 61.7 Å². The first-order valence-corrected chi connectivity index (χ1v) is 6.91. The van der Waals surface area contributed by atoms with Gasteiger partial charge in [-0.25, -0.2) is 0 Å². The molecular formula is C16H13ClN2O2. The zero-order chi connectivity index (χ0) is 14.8. The molecule has 5 heteroatoms. The summed E-state index contributed by atoms with van der Waals surface area (Å²) in [7, 11) is 0. The number of aliphatic hydroxyl groups is 1. The molecule has 0 unspecified atom stereocenters. The SMILES string of the molecule is O=C1Nc2ccc(Cl)cc2C(c2ccccc2)=N[C@H]1CO. The zero-order valence-electron chi connectivity index (χ0n) is 11.1. The Balaban J connectivity index is 2.22. The number of halogens is 1. The van der Waals surface area contributed by atoms with Crippen LogP contribution in [0, 0.1) is 0 Å². The van der Waals surface area contributed by atoms with Gasteiger partial charge < -0.3 is 10.4 Å². The summed E-state index contributed by atoms with van der Waals surface area (Å²) in [5.74, 6) is -0.327. The predicted molar refractivity (Wildman–Crippen MR) is 83.0 cm³/mol. The maximum atomic E-state index is 12.1. The number of rotatable bonds is 2. The van der Waals surface area contributed by atoms with E-state index in [0.717, 1.165) is 11.1 Å². The highest BCUT2D eigenvalue weighted by atomic mass is 35.5. The maximum Gasteiger partial charge on any atom is 0.251 e. The number of aliphatic hydroxyl groups excluding tert-OH is 1. The Morgan fingerprint density at radius 3 is 2.67 bits per heavy atom. The van der Waals surface area contributed by atoms with E-state index in [2.05, 4.69) is 10.3 Å². The summed E-state index contributed by atoms with van der Waals surface area (Å²) in [6, 6.07) is 13.9. The average Bonchev–Trinajstić information content (AvgIpc) is 2.64. The number of benzene rings is 2. The summed E-state index contributed by atoms with van der Waals surface area (Å²) in [4.78, 5) is 16.5. The number of amides is 1. The van der Waals surface area contributed by atoms with Gasteiger partial charge in [0.05, 0.1) is 18.0 Å². The van der Waals surface area contributed by atoms with Gasteiger partial charge in [0.15, 0.2) is 6.04 Å². The minimum Gasteiger partial charge on any atom is -0.394 e. The van der Waals surface area contributed by atoms with E-state index in [4.69, 9.17) is 11.6 Å². The fraction of sp³-hybridized carbons (Fsp3) is 0.125. The molecule has 1 atom stereocenters. The molecule has 2 N–H and O–H groups in total. The van der Waals surface area contributed by atoms with Crippen LogP contribution in [0.3, 0.4) is 0 Å². The van der Waals surface area contributed by atoms with Crippen LogP contribution in [0.5, 0.6) is 0 Å². The fourth-order valence-electron chi connectivity index (χ4n) is 2.27. The van der Waals surface area contributed by atoms with Crippen molar-refractivity contribution in [3.05, 3.63) is 64.7 Å². The third-order valence-corrected chi connectivity index (χ3v) is 3.54. The van der Waals surface area contributed by atoms with Crippen LogP contribution in [0.1, 0.15) is 11.1 Å². The molecule has 2 aromatic carbocycles. The summed E-state index contributed by atoms with van der Waals surface area (Å²) in [6.45, 7) is -0.343. The molecule has 0 saturated heterocycles. The molecule has 2 aromatic rings. The van der Waals surface area contributed by atoms with Gasteiger partial charge in [-0.05, 0) is 18.2 Å². The lowest BCUT2D eigenvalue weighted by Gasteiger charge is -2.10. The number of benzodiazepines with no additional fused rings is 1. The number of fused-ring (bicyclic) bond motifs is 1. The van der Waals surface area contributed by atoms with Crippen molar-refractivity contribution < 1.29 is 9.90 Å². The van der Waals surface area contributed by atoms with Crippen LogP contribution in [0.15, 0.2) is 53.5 Å². The lowest BCUT2D eigenvalue weighted by atomic mass is 10.0. The van der Waals surface area contributed by atoms with Crippen molar-refractivity contribution in [3.8, 4) is 0 Å². The van der Waals surface area contributed by atoms with Crippen molar-refractivity contribution in [2.75, 3.05) is 11.9 Å². The largest absolute Gasteiger partial charge is 0.394 e. The van der Waals surface area contributed by atoms with E-state index in [0.29, 0.717) is 16.4 Å². The first-order chi connectivity index (χ1) is 10.2. The standard InChI is InChI=1S/C16H13ClN2O2/c17-11-6-7-13-12(8-11)15(10-4-2-1-3-5-10)18-14(9-20)16(21)19-13/h1-8,14,20H,9H2,(H,19,21)/t14-/m0/s1. The van der Waals surface area contributed by atoms with Crippen LogP contribution in [-0.2, 0) is 4.79 Å². The monoisotopic (exact) mass is 300 g/mol. The minimum atomic E-state index is -0.827. The number of nitrogens with zero attached hydrogens (tertiary/aromatic N) is 1. The summed E-state index contributed by atoms with van der Waals surface area (Å²) in [5.41, 5.74) is 2.91. The minimum absolute atomic E-state index is 0.327. The van der Waals surface area contributed by atoms with Crippen molar-refractivity contribution in [3.63, 3.8) is 0 Å².